The van der Waals surface area contributed by atoms with Gasteiger partial charge in [0.2, 0.25) is 0 Å². The standard InChI is InChI=1S/C13H20FNO/c1-3-10(2)13(9-16)15-8-11-6-4-5-7-12(11)14/h4-7,10,13,15-16H,3,8-9H2,1-2H3. The van der Waals surface area contributed by atoms with Gasteiger partial charge in [-0.15, -0.1) is 0 Å². The van der Waals surface area contributed by atoms with Gasteiger partial charge in [-0.25, -0.2) is 4.39 Å². The first-order chi connectivity index (χ1) is 7.69. The van der Waals surface area contributed by atoms with Gasteiger partial charge in [0.1, 0.15) is 5.82 Å². The number of benzene rings is 1. The lowest BCUT2D eigenvalue weighted by atomic mass is 9.99. The molecule has 1 rings (SSSR count). The fourth-order valence-electron chi connectivity index (χ4n) is 1.61. The summed E-state index contributed by atoms with van der Waals surface area (Å²) >= 11 is 0. The van der Waals surface area contributed by atoms with E-state index in [1.807, 2.05) is 6.07 Å². The van der Waals surface area contributed by atoms with Crippen molar-refractivity contribution < 1.29 is 9.50 Å². The minimum Gasteiger partial charge on any atom is -0.395 e. The van der Waals surface area contributed by atoms with Gasteiger partial charge in [0.15, 0.2) is 0 Å². The second kappa shape index (κ2) is 6.61. The number of nitrogens with one attached hydrogen (secondary N) is 1. The van der Waals surface area contributed by atoms with E-state index >= 15 is 0 Å². The molecule has 0 amide bonds. The minimum absolute atomic E-state index is 0.0320. The van der Waals surface area contributed by atoms with Crippen LogP contribution >= 0.6 is 0 Å². The summed E-state index contributed by atoms with van der Waals surface area (Å²) in [5.74, 6) is 0.188. The largest absolute Gasteiger partial charge is 0.395 e. The summed E-state index contributed by atoms with van der Waals surface area (Å²) in [6.45, 7) is 4.71. The Morgan fingerprint density at radius 2 is 2.06 bits per heavy atom. The minimum atomic E-state index is -0.198. The van der Waals surface area contributed by atoms with Crippen LogP contribution in [0.25, 0.3) is 0 Å². The molecule has 0 spiro atoms. The van der Waals surface area contributed by atoms with Crippen LogP contribution in [0.15, 0.2) is 24.3 Å². The van der Waals surface area contributed by atoms with Gasteiger partial charge in [0, 0.05) is 18.2 Å². The molecular weight excluding hydrogens is 205 g/mol. The van der Waals surface area contributed by atoms with Crippen molar-refractivity contribution in [3.8, 4) is 0 Å². The zero-order valence-electron chi connectivity index (χ0n) is 9.91. The number of halogens is 1. The molecule has 0 saturated carbocycles. The molecule has 90 valence electrons. The van der Waals surface area contributed by atoms with Crippen LogP contribution in [0.4, 0.5) is 4.39 Å². The zero-order chi connectivity index (χ0) is 12.0. The summed E-state index contributed by atoms with van der Waals surface area (Å²) in [6.07, 6.45) is 0.996. The highest BCUT2D eigenvalue weighted by Crippen LogP contribution is 2.10. The van der Waals surface area contributed by atoms with Gasteiger partial charge < -0.3 is 10.4 Å². The Labute approximate surface area is 96.5 Å². The molecule has 0 aliphatic rings. The first-order valence-corrected chi connectivity index (χ1v) is 5.76. The van der Waals surface area contributed by atoms with Crippen molar-refractivity contribution in [2.75, 3.05) is 6.61 Å². The Hall–Kier alpha value is -0.930. The molecule has 3 heteroatoms. The third-order valence-corrected chi connectivity index (χ3v) is 3.04. The molecule has 0 heterocycles. The molecule has 2 unspecified atom stereocenters. The average Bonchev–Trinajstić information content (AvgIpc) is 2.31. The highest BCUT2D eigenvalue weighted by molar-refractivity contribution is 5.17. The van der Waals surface area contributed by atoms with Crippen LogP contribution in [0.3, 0.4) is 0 Å². The van der Waals surface area contributed by atoms with E-state index in [0.29, 0.717) is 18.0 Å². The monoisotopic (exact) mass is 225 g/mol. The number of aliphatic hydroxyl groups is 1. The van der Waals surface area contributed by atoms with Crippen molar-refractivity contribution in [3.63, 3.8) is 0 Å². The van der Waals surface area contributed by atoms with Gasteiger partial charge in [0.05, 0.1) is 6.61 Å². The van der Waals surface area contributed by atoms with Crippen molar-refractivity contribution in [3.05, 3.63) is 35.6 Å². The summed E-state index contributed by atoms with van der Waals surface area (Å²) in [4.78, 5) is 0. The second-order valence-electron chi connectivity index (χ2n) is 4.15. The van der Waals surface area contributed by atoms with Gasteiger partial charge in [-0.2, -0.15) is 0 Å². The number of hydrogen-bond donors (Lipinski definition) is 2. The fourth-order valence-corrected chi connectivity index (χ4v) is 1.61. The maximum Gasteiger partial charge on any atom is 0.127 e. The molecule has 0 radical (unpaired) electrons. The van der Waals surface area contributed by atoms with E-state index in [0.717, 1.165) is 6.42 Å². The summed E-state index contributed by atoms with van der Waals surface area (Å²) in [5.41, 5.74) is 0.643. The average molecular weight is 225 g/mol. The highest BCUT2D eigenvalue weighted by atomic mass is 19.1. The third-order valence-electron chi connectivity index (χ3n) is 3.04. The maximum absolute atomic E-state index is 13.3. The Morgan fingerprint density at radius 1 is 1.38 bits per heavy atom. The van der Waals surface area contributed by atoms with E-state index in [2.05, 4.69) is 19.2 Å². The molecule has 0 aromatic heterocycles. The molecule has 0 bridgehead atoms. The van der Waals surface area contributed by atoms with Gasteiger partial charge in [-0.3, -0.25) is 0 Å². The third kappa shape index (κ3) is 3.58. The molecule has 2 N–H and O–H groups in total. The van der Waals surface area contributed by atoms with Crippen LogP contribution < -0.4 is 5.32 Å². The molecular formula is C13H20FNO. The van der Waals surface area contributed by atoms with Crippen LogP contribution in [-0.2, 0) is 6.54 Å². The smallest absolute Gasteiger partial charge is 0.127 e. The van der Waals surface area contributed by atoms with Crippen molar-refractivity contribution >= 4 is 0 Å². The number of rotatable bonds is 6. The topological polar surface area (TPSA) is 32.3 Å². The van der Waals surface area contributed by atoms with E-state index in [-0.39, 0.29) is 18.5 Å². The predicted octanol–water partition coefficient (Wildman–Crippen LogP) is 2.32. The van der Waals surface area contributed by atoms with Crippen molar-refractivity contribution in [2.45, 2.75) is 32.9 Å². The van der Waals surface area contributed by atoms with E-state index in [1.54, 1.807) is 12.1 Å². The molecule has 0 fully saturated rings. The van der Waals surface area contributed by atoms with Crippen molar-refractivity contribution in [1.29, 1.82) is 0 Å². The van der Waals surface area contributed by atoms with Crippen LogP contribution in [0.2, 0.25) is 0 Å². The molecule has 1 aromatic rings. The molecule has 16 heavy (non-hydrogen) atoms. The zero-order valence-corrected chi connectivity index (χ0v) is 9.91. The quantitative estimate of drug-likeness (QED) is 0.778. The van der Waals surface area contributed by atoms with E-state index < -0.39 is 0 Å². The Morgan fingerprint density at radius 3 is 2.62 bits per heavy atom. The molecule has 0 saturated heterocycles. The second-order valence-corrected chi connectivity index (χ2v) is 4.15. The molecule has 0 aliphatic heterocycles. The fraction of sp³-hybridized carbons (Fsp3) is 0.538. The number of hydrogen-bond acceptors (Lipinski definition) is 2. The predicted molar refractivity (Wildman–Crippen MR) is 63.6 cm³/mol. The molecule has 2 nitrogen and oxygen atoms in total. The van der Waals surface area contributed by atoms with E-state index in [9.17, 15) is 9.50 Å². The Bertz CT molecular complexity index is 317. The lowest BCUT2D eigenvalue weighted by Gasteiger charge is -2.22. The molecule has 1 aromatic carbocycles. The normalized spacial score (nSPS) is 14.8. The highest BCUT2D eigenvalue weighted by Gasteiger charge is 2.14. The Kier molecular flexibility index (Phi) is 5.43. The van der Waals surface area contributed by atoms with E-state index in [4.69, 9.17) is 0 Å². The SMILES string of the molecule is CCC(C)C(CO)NCc1ccccc1F. The van der Waals surface area contributed by atoms with Crippen LogP contribution in [-0.4, -0.2) is 17.8 Å². The number of aliphatic hydroxyl groups excluding tert-OH is 1. The van der Waals surface area contributed by atoms with Gasteiger partial charge in [-0.05, 0) is 12.0 Å². The van der Waals surface area contributed by atoms with Crippen molar-refractivity contribution in [2.24, 2.45) is 5.92 Å². The first kappa shape index (κ1) is 13.1. The summed E-state index contributed by atoms with van der Waals surface area (Å²) < 4.78 is 13.3. The van der Waals surface area contributed by atoms with Crippen LogP contribution in [0, 0.1) is 11.7 Å². The Balaban J connectivity index is 2.53. The van der Waals surface area contributed by atoms with Gasteiger partial charge >= 0.3 is 0 Å². The van der Waals surface area contributed by atoms with Crippen molar-refractivity contribution in [1.82, 2.24) is 5.32 Å². The lowest BCUT2D eigenvalue weighted by molar-refractivity contribution is 0.200. The maximum atomic E-state index is 13.3. The van der Waals surface area contributed by atoms with Crippen LogP contribution in [0.5, 0.6) is 0 Å². The lowest BCUT2D eigenvalue weighted by Crippen LogP contribution is -2.37. The van der Waals surface area contributed by atoms with E-state index in [1.165, 1.54) is 6.07 Å². The molecule has 0 aliphatic carbocycles. The first-order valence-electron chi connectivity index (χ1n) is 5.76. The summed E-state index contributed by atoms with van der Waals surface area (Å²) in [5, 5.41) is 12.4. The summed E-state index contributed by atoms with van der Waals surface area (Å²) in [6, 6.07) is 6.74. The van der Waals surface area contributed by atoms with Gasteiger partial charge in [-0.1, -0.05) is 38.5 Å². The van der Waals surface area contributed by atoms with Crippen LogP contribution in [0.1, 0.15) is 25.8 Å². The molecule has 2 atom stereocenters. The van der Waals surface area contributed by atoms with Gasteiger partial charge in [0.25, 0.3) is 0 Å². The summed E-state index contributed by atoms with van der Waals surface area (Å²) in [7, 11) is 0.